The number of alkyl halides is 2. The zero-order valence-electron chi connectivity index (χ0n) is 61.4. The zero-order valence-corrected chi connectivity index (χ0v) is 67.1. The maximum Gasteiger partial charge on any atom is 1.00 e. The van der Waals surface area contributed by atoms with Crippen molar-refractivity contribution in [3.8, 4) is 111 Å². The molecule has 0 unspecified atom stereocenters. The van der Waals surface area contributed by atoms with Gasteiger partial charge in [-0.05, 0) is 13.3 Å². The number of nitrogens with one attached hydrogen (secondary N) is 2. The van der Waals surface area contributed by atoms with Gasteiger partial charge in [0.1, 0.15) is 30.2 Å². The van der Waals surface area contributed by atoms with Crippen molar-refractivity contribution in [3.05, 3.63) is 11.4 Å². The molecule has 9 N–H and O–H groups in total. The van der Waals surface area contributed by atoms with Crippen molar-refractivity contribution < 1.29 is 128 Å². The van der Waals surface area contributed by atoms with E-state index in [4.69, 9.17) is 114 Å². The molecule has 32 heteroatoms. The molecular formula is C73H106BrIN9NaO20. The van der Waals surface area contributed by atoms with Gasteiger partial charge in [0.2, 0.25) is 6.54 Å². The number of rotatable bonds is 35. The first-order valence-electron chi connectivity index (χ1n) is 32.5. The number of ketones is 3. The molecule has 0 spiro atoms. The molecule has 0 aliphatic carbocycles. The standard InChI is InChI=1S/C10H14O4.C9H14O3.C8H9N3.C8H10O3.C7H9IN2.C7H12N2O.C7H10N2O.C7H10O2.C5H8O3.C3H3Br.C2H6O2.Na.H2O/c1-3-4-5-10(8-9(11)12-2)13-6-7-14-10;1-2-3-4-9(5-6-10)11-7-8-12-9;1-3-4-5-8(10-11-8)6-7-9-2;1-3-4-5-7(9)6-8(10)11-2;1-2-3-4-7(5-6-8)9-10-7;2*1-2-3-4-7(5-6-10)8-9-7;1-2-3-4-7(9)5-6-8;1-4(6)3-5(7)8-2;1-2-3-4;3-1-2-4;;/h1H,4-8H2,2H3;1,10H,3-8H2;1H,4-7H2;1H,4-6H2,2H3;1H,3-6H2;1,8-10H,3-6H2;1,10H,3-6H2;1,8H,3-6H2;3H2,1-2H3;1H,3H2;3-4H,1-2H2;;1H2/q;;;;;;;;;;;+1;/p-1. The van der Waals surface area contributed by atoms with Gasteiger partial charge in [-0.25, -0.2) is 17.4 Å². The van der Waals surface area contributed by atoms with Gasteiger partial charge in [0.15, 0.2) is 28.6 Å². The number of ether oxygens (including phenoxy) is 7. The smallest absolute Gasteiger partial charge is 0.870 e. The number of halogens is 2. The summed E-state index contributed by atoms with van der Waals surface area (Å²) in [5.74, 6) is 19.2. The third kappa shape index (κ3) is 67.8. The van der Waals surface area contributed by atoms with Crippen LogP contribution in [0.15, 0.2) is 30.7 Å². The van der Waals surface area contributed by atoms with Crippen LogP contribution in [0.4, 0.5) is 0 Å². The first-order chi connectivity index (χ1) is 49.4. The van der Waals surface area contributed by atoms with Crippen molar-refractivity contribution in [2.75, 3.05) is 104 Å². The van der Waals surface area contributed by atoms with Crippen LogP contribution < -0.4 is 40.4 Å². The fourth-order valence-corrected chi connectivity index (χ4v) is 8.37. The molecule has 0 atom stereocenters. The van der Waals surface area contributed by atoms with Gasteiger partial charge in [0.25, 0.3) is 0 Å². The summed E-state index contributed by atoms with van der Waals surface area (Å²) in [6.07, 6.45) is 59.2. The summed E-state index contributed by atoms with van der Waals surface area (Å²) in [4.78, 5) is 66.5. The minimum atomic E-state index is -0.848. The first kappa shape index (κ1) is 112. The van der Waals surface area contributed by atoms with Crippen molar-refractivity contribution in [1.82, 2.24) is 10.9 Å². The monoisotopic (exact) mass is 1660 g/mol. The Hall–Kier alpha value is -6.56. The summed E-state index contributed by atoms with van der Waals surface area (Å²) in [6, 6.07) is 0. The summed E-state index contributed by atoms with van der Waals surface area (Å²) in [5, 5.41) is 73.6. The van der Waals surface area contributed by atoms with Gasteiger partial charge in [-0.1, -0.05) is 44.4 Å². The van der Waals surface area contributed by atoms with Crippen LogP contribution in [0.25, 0.3) is 4.85 Å². The van der Waals surface area contributed by atoms with E-state index >= 15 is 0 Å². The molecule has 3 fully saturated rings. The van der Waals surface area contributed by atoms with E-state index in [0.29, 0.717) is 109 Å². The van der Waals surface area contributed by atoms with E-state index in [1.807, 2.05) is 0 Å². The van der Waals surface area contributed by atoms with Crippen LogP contribution in [0.2, 0.25) is 0 Å². The third-order valence-electron chi connectivity index (χ3n) is 13.4. The minimum absolute atomic E-state index is 0. The molecule has 6 heterocycles. The Bertz CT molecular complexity index is 2820. The summed E-state index contributed by atoms with van der Waals surface area (Å²) in [7, 11) is 3.84. The molecule has 0 bridgehead atoms. The first-order valence-corrected chi connectivity index (χ1v) is 35.2. The van der Waals surface area contributed by atoms with Gasteiger partial charge in [-0.3, -0.25) is 28.8 Å². The Morgan fingerprint density at radius 1 is 0.467 bits per heavy atom. The second-order valence-corrected chi connectivity index (χ2v) is 23.2. The molecule has 0 aromatic carbocycles. The Balaban J connectivity index is -0.000000203. The second-order valence-electron chi connectivity index (χ2n) is 21.5. The van der Waals surface area contributed by atoms with Gasteiger partial charge >= 0.3 is 47.5 Å². The summed E-state index contributed by atoms with van der Waals surface area (Å²) < 4.78 is 35.8. The molecular weight excluding hydrogens is 1550 g/mol. The number of nitrogens with zero attached hydrogens (tertiary/aromatic N) is 7. The Labute approximate surface area is 666 Å². The molecule has 6 aliphatic heterocycles. The van der Waals surface area contributed by atoms with Crippen LogP contribution in [-0.2, 0) is 61.9 Å². The fraction of sp³-hybridized carbons (Fsp3) is 0.658. The molecule has 0 radical (unpaired) electrons. The zero-order chi connectivity index (χ0) is 79.0. The quantitative estimate of drug-likeness (QED) is 0.00514. The predicted molar refractivity (Wildman–Crippen MR) is 401 cm³/mol. The molecule has 0 aromatic rings. The van der Waals surface area contributed by atoms with Crippen LogP contribution in [0.5, 0.6) is 0 Å². The van der Waals surface area contributed by atoms with Crippen molar-refractivity contribution in [3.63, 3.8) is 0 Å². The molecule has 578 valence electrons. The van der Waals surface area contributed by atoms with Crippen molar-refractivity contribution in [1.29, 1.82) is 0 Å². The summed E-state index contributed by atoms with van der Waals surface area (Å²) >= 11 is 5.34. The molecule has 6 aliphatic rings. The Morgan fingerprint density at radius 3 is 1.13 bits per heavy atom. The number of aliphatic hydroxyl groups excluding tert-OH is 6. The number of aliphatic hydroxyl groups is 6. The van der Waals surface area contributed by atoms with E-state index in [0.717, 1.165) is 62.2 Å². The van der Waals surface area contributed by atoms with Crippen LogP contribution in [0, 0.1) is 118 Å². The average molecular weight is 1660 g/mol. The fourth-order valence-electron chi connectivity index (χ4n) is 7.51. The minimum Gasteiger partial charge on any atom is -0.870 e. The van der Waals surface area contributed by atoms with E-state index in [1.165, 1.54) is 28.3 Å². The number of hydrazine groups is 1. The predicted octanol–water partition coefficient (Wildman–Crippen LogP) is 3.85. The van der Waals surface area contributed by atoms with Crippen LogP contribution in [0.1, 0.15) is 167 Å². The maximum absolute atomic E-state index is 11.1. The molecule has 105 heavy (non-hydrogen) atoms. The normalized spacial score (nSPS) is 14.8. The SMILES string of the molecule is C#CCBr.C#CCCC(=O)CC(=O)OC.C#CCCC(=O)CCO.C#CCCC1(CC(=O)OC)OCCO1.C#CCCC1(CCI)N=N1.C#CCCC1(CCO)N=N1.C#CCCC1(CCO)NN1.C#CCCC1(CCO)OCCO1.COC(=O)CC(C)=O.OCCO.[C-]#[N+]CCC1(CCC#C)N=N1.[Na+].[OH-]. The molecule has 29 nitrogen and oxygen atoms in total. The van der Waals surface area contributed by atoms with E-state index < -0.39 is 23.5 Å². The van der Waals surface area contributed by atoms with Crippen LogP contribution in [-0.4, -0.2) is 209 Å². The van der Waals surface area contributed by atoms with Crippen LogP contribution >= 0.6 is 38.5 Å². The number of esters is 3. The topological polar surface area (TPSA) is 441 Å². The van der Waals surface area contributed by atoms with Gasteiger partial charge in [-0.15, -0.1) is 105 Å². The molecule has 0 saturated carbocycles. The second kappa shape index (κ2) is 74.3. The van der Waals surface area contributed by atoms with Crippen molar-refractivity contribution in [2.24, 2.45) is 30.7 Å². The number of terminal acetylenes is 9. The number of methoxy groups -OCH3 is 3. The largest absolute Gasteiger partial charge is 1.00 e. The van der Waals surface area contributed by atoms with Crippen molar-refractivity contribution in [2.45, 2.75) is 202 Å². The summed E-state index contributed by atoms with van der Waals surface area (Å²) in [6.45, 7) is 10.7. The van der Waals surface area contributed by atoms with E-state index in [9.17, 15) is 28.8 Å². The van der Waals surface area contributed by atoms with E-state index in [2.05, 4.69) is 152 Å². The number of hydrogen-bond acceptors (Lipinski definition) is 28. The Kier molecular flexibility index (Phi) is 79.1. The van der Waals surface area contributed by atoms with E-state index in [1.54, 1.807) is 0 Å². The number of carbonyl (C=O) groups excluding carboxylic acids is 6. The number of Topliss-reactive ketones (excluding diaryl/α,β-unsaturated/α-hetero) is 3. The van der Waals surface area contributed by atoms with Gasteiger partial charge in [0.05, 0.1) is 84.8 Å². The molecule has 0 amide bonds. The number of hydrogen-bond donors (Lipinski definition) is 8. The number of carbonyl (C=O) groups is 6. The van der Waals surface area contributed by atoms with E-state index in [-0.39, 0.29) is 153 Å². The average Bonchev–Trinajstić information content (AvgIpc) is 1.69. The van der Waals surface area contributed by atoms with Crippen LogP contribution in [0.3, 0.4) is 0 Å². The third-order valence-corrected chi connectivity index (χ3v) is 14.3. The maximum atomic E-state index is 11.1. The van der Waals surface area contributed by atoms with Gasteiger partial charge in [0, 0.05) is 159 Å². The summed E-state index contributed by atoms with van der Waals surface area (Å²) in [5.41, 5.74) is 5.32. The van der Waals surface area contributed by atoms with Gasteiger partial charge < -0.3 is 74.1 Å². The Morgan fingerprint density at radius 2 is 0.819 bits per heavy atom. The van der Waals surface area contributed by atoms with Crippen molar-refractivity contribution >= 4 is 73.8 Å². The molecule has 3 saturated heterocycles. The molecule has 0 aromatic heterocycles. The molecule has 6 rings (SSSR count). The van der Waals surface area contributed by atoms with Gasteiger partial charge in [-0.2, -0.15) is 30.7 Å².